The van der Waals surface area contributed by atoms with Gasteiger partial charge in [0.15, 0.2) is 0 Å². The first-order valence-electron chi connectivity index (χ1n) is 16.9. The zero-order chi connectivity index (χ0) is 33.5. The van der Waals surface area contributed by atoms with Gasteiger partial charge < -0.3 is 24.4 Å². The molecule has 9 nitrogen and oxygen atoms in total. The zero-order valence-corrected chi connectivity index (χ0v) is 28.6. The van der Waals surface area contributed by atoms with Crippen LogP contribution in [0.4, 0.5) is 16.3 Å². The number of phenols is 1. The second-order valence-corrected chi connectivity index (χ2v) is 14.8. The number of phenolic OH excluding ortho intramolecular Hbond substituents is 1. The van der Waals surface area contributed by atoms with Crippen LogP contribution in [0, 0.1) is 5.92 Å². The lowest BCUT2D eigenvalue weighted by Gasteiger charge is -2.38. The molecule has 1 atom stereocenters. The van der Waals surface area contributed by atoms with Gasteiger partial charge >= 0.3 is 12.1 Å². The van der Waals surface area contributed by atoms with Crippen LogP contribution in [0.1, 0.15) is 71.6 Å². The maximum Gasteiger partial charge on any atom is 0.411 e. The topological polar surface area (TPSA) is 91.3 Å². The number of rotatable bonds is 7. The van der Waals surface area contributed by atoms with Crippen molar-refractivity contribution in [1.82, 2.24) is 14.9 Å². The van der Waals surface area contributed by atoms with Crippen molar-refractivity contribution in [1.29, 1.82) is 0 Å². The van der Waals surface area contributed by atoms with Gasteiger partial charge in [-0.3, -0.25) is 4.90 Å². The molecule has 47 heavy (non-hydrogen) atoms. The minimum absolute atomic E-state index is 0.154. The zero-order valence-electron chi connectivity index (χ0n) is 28.6. The van der Waals surface area contributed by atoms with E-state index in [9.17, 15) is 9.90 Å². The Bertz CT molecular complexity index is 1670. The van der Waals surface area contributed by atoms with Gasteiger partial charge in [-0.05, 0) is 84.1 Å². The lowest BCUT2D eigenvalue weighted by molar-refractivity contribution is -0.00143. The minimum atomic E-state index is -0.587. The highest BCUT2D eigenvalue weighted by Gasteiger charge is 2.45. The predicted molar refractivity (Wildman–Crippen MR) is 187 cm³/mol. The molecule has 3 aromatic rings. The van der Waals surface area contributed by atoms with E-state index < -0.39 is 5.60 Å². The number of aromatic nitrogens is 2. The van der Waals surface area contributed by atoms with Gasteiger partial charge in [-0.25, -0.2) is 4.79 Å². The van der Waals surface area contributed by atoms with Crippen LogP contribution in [0.5, 0.6) is 11.8 Å². The van der Waals surface area contributed by atoms with E-state index in [2.05, 4.69) is 42.9 Å². The molecule has 250 valence electrons. The Balaban J connectivity index is 1.30. The summed E-state index contributed by atoms with van der Waals surface area (Å²) in [6.45, 7) is 21.3. The highest BCUT2D eigenvalue weighted by Crippen LogP contribution is 2.39. The van der Waals surface area contributed by atoms with Crippen molar-refractivity contribution in [3.63, 3.8) is 0 Å². The average Bonchev–Trinajstić information content (AvgIpc) is 3.35. The molecule has 0 unspecified atom stereocenters. The number of aromatic hydroxyl groups is 1. The summed E-state index contributed by atoms with van der Waals surface area (Å²) in [6.07, 6.45) is 5.98. The summed E-state index contributed by atoms with van der Waals surface area (Å²) in [7, 11) is 0. The quantitative estimate of drug-likeness (QED) is 0.267. The number of hydrogen-bond donors (Lipinski definition) is 1. The summed E-state index contributed by atoms with van der Waals surface area (Å²) in [5.74, 6) is 1.61. The molecule has 2 fully saturated rings. The molecule has 4 heterocycles. The number of carbonyl (C=O) groups excluding carboxylic acids is 1. The Kier molecular flexibility index (Phi) is 8.85. The summed E-state index contributed by atoms with van der Waals surface area (Å²) in [4.78, 5) is 29.8. The summed E-state index contributed by atoms with van der Waals surface area (Å²) < 4.78 is 12.2. The van der Waals surface area contributed by atoms with Crippen LogP contribution in [-0.4, -0.2) is 69.5 Å². The molecule has 2 aromatic carbocycles. The number of carbonyl (C=O) groups is 1. The van der Waals surface area contributed by atoms with Gasteiger partial charge in [0, 0.05) is 47.9 Å². The minimum Gasteiger partial charge on any atom is -0.508 e. The molecule has 3 aliphatic heterocycles. The van der Waals surface area contributed by atoms with Crippen LogP contribution in [-0.2, 0) is 17.7 Å². The number of piperidine rings is 1. The van der Waals surface area contributed by atoms with E-state index in [1.807, 2.05) is 56.0 Å². The van der Waals surface area contributed by atoms with Crippen LogP contribution in [0.2, 0.25) is 0 Å². The average molecular weight is 640 g/mol. The number of hydrogen-bond acceptors (Lipinski definition) is 8. The van der Waals surface area contributed by atoms with E-state index in [4.69, 9.17) is 19.4 Å². The molecule has 1 aromatic heterocycles. The monoisotopic (exact) mass is 639 g/mol. The van der Waals surface area contributed by atoms with Crippen LogP contribution >= 0.6 is 0 Å². The largest absolute Gasteiger partial charge is 0.508 e. The van der Waals surface area contributed by atoms with Crippen LogP contribution in [0.25, 0.3) is 10.8 Å². The summed E-state index contributed by atoms with van der Waals surface area (Å²) in [6, 6.07) is 12.0. The van der Waals surface area contributed by atoms with Crippen molar-refractivity contribution in [3.8, 4) is 11.8 Å². The lowest BCUT2D eigenvalue weighted by Crippen LogP contribution is -2.50. The molecular formula is C38H49N5O4. The van der Waals surface area contributed by atoms with Crippen molar-refractivity contribution < 1.29 is 19.4 Å². The standard InChI is InChI=1S/C38H49N5O4/c1-8-25(2)26-14-18-41(19-15-26)34-31-16-20-42(33-22-29(44)21-27-11-9-10-12-30(27)33)23-32(31)39-35(40-34)46-24-28-13-17-38(6,7)43(28)36(45)47-37(3,4)5/h8-12,21-22,26,28,44H,1-2,13-20,23-24H2,3-7H3/t28-/m1/s1. The number of allylic oxidation sites excluding steroid dienone is 2. The highest BCUT2D eigenvalue weighted by molar-refractivity contribution is 5.95. The normalized spacial score (nSPS) is 19.9. The molecule has 1 N–H and O–H groups in total. The van der Waals surface area contributed by atoms with E-state index in [1.54, 1.807) is 6.07 Å². The second kappa shape index (κ2) is 12.7. The van der Waals surface area contributed by atoms with Gasteiger partial charge in [0.1, 0.15) is 23.8 Å². The Labute approximate surface area is 278 Å². The van der Waals surface area contributed by atoms with Crippen molar-refractivity contribution in [2.75, 3.05) is 36.0 Å². The number of amides is 1. The Morgan fingerprint density at radius 3 is 2.55 bits per heavy atom. The lowest BCUT2D eigenvalue weighted by atomic mass is 9.89. The Morgan fingerprint density at radius 1 is 1.09 bits per heavy atom. The Morgan fingerprint density at radius 2 is 1.83 bits per heavy atom. The molecule has 0 spiro atoms. The third-order valence-corrected chi connectivity index (χ3v) is 9.87. The molecule has 2 saturated heterocycles. The number of ether oxygens (including phenoxy) is 2. The van der Waals surface area contributed by atoms with E-state index in [0.717, 1.165) is 90.8 Å². The van der Waals surface area contributed by atoms with Crippen LogP contribution in [0.15, 0.2) is 61.2 Å². The third kappa shape index (κ3) is 6.90. The van der Waals surface area contributed by atoms with Gasteiger partial charge in [-0.1, -0.05) is 49.1 Å². The van der Waals surface area contributed by atoms with Crippen molar-refractivity contribution in [3.05, 3.63) is 72.5 Å². The summed E-state index contributed by atoms with van der Waals surface area (Å²) in [5.41, 5.74) is 3.23. The molecule has 0 radical (unpaired) electrons. The van der Waals surface area contributed by atoms with Gasteiger partial charge in [0.25, 0.3) is 0 Å². The van der Waals surface area contributed by atoms with E-state index >= 15 is 0 Å². The van der Waals surface area contributed by atoms with E-state index in [0.29, 0.717) is 18.5 Å². The first-order chi connectivity index (χ1) is 22.3. The highest BCUT2D eigenvalue weighted by atomic mass is 16.6. The molecule has 0 bridgehead atoms. The predicted octanol–water partition coefficient (Wildman–Crippen LogP) is 7.41. The van der Waals surface area contributed by atoms with Gasteiger partial charge in [0.05, 0.1) is 18.3 Å². The van der Waals surface area contributed by atoms with Crippen LogP contribution in [0.3, 0.4) is 0 Å². The molecule has 9 heteroatoms. The molecular weight excluding hydrogens is 590 g/mol. The fourth-order valence-corrected chi connectivity index (χ4v) is 7.39. The number of likely N-dealkylation sites (tertiary alicyclic amines) is 1. The maximum atomic E-state index is 13.3. The molecule has 6 rings (SSSR count). The SMILES string of the molecule is C=CC(=C)C1CCN(c2nc(OC[C@H]3CCC(C)(C)N3C(=O)OC(C)(C)C)nc3c2CCN(c2cc(O)cc4ccccc24)C3)CC1. The fourth-order valence-electron chi connectivity index (χ4n) is 7.39. The van der Waals surface area contributed by atoms with Crippen molar-refractivity contribution >= 4 is 28.4 Å². The second-order valence-electron chi connectivity index (χ2n) is 14.8. The van der Waals surface area contributed by atoms with Crippen molar-refractivity contribution in [2.45, 2.75) is 90.4 Å². The smallest absolute Gasteiger partial charge is 0.411 e. The molecule has 1 amide bonds. The molecule has 3 aliphatic rings. The number of nitrogens with zero attached hydrogens (tertiary/aromatic N) is 5. The van der Waals surface area contributed by atoms with Gasteiger partial charge in [-0.2, -0.15) is 9.97 Å². The first kappa shape index (κ1) is 32.7. The summed E-state index contributed by atoms with van der Waals surface area (Å²) in [5, 5.41) is 12.7. The maximum absolute atomic E-state index is 13.3. The number of anilines is 2. The first-order valence-corrected chi connectivity index (χ1v) is 16.9. The van der Waals surface area contributed by atoms with Crippen LogP contribution < -0.4 is 14.5 Å². The summed E-state index contributed by atoms with van der Waals surface area (Å²) >= 11 is 0. The van der Waals surface area contributed by atoms with Gasteiger partial charge in [0.2, 0.25) is 0 Å². The van der Waals surface area contributed by atoms with Crippen molar-refractivity contribution in [2.24, 2.45) is 5.92 Å². The Hall–Kier alpha value is -4.27. The molecule has 0 saturated carbocycles. The van der Waals surface area contributed by atoms with E-state index in [1.165, 1.54) is 0 Å². The number of benzene rings is 2. The number of fused-ring (bicyclic) bond motifs is 2. The third-order valence-electron chi connectivity index (χ3n) is 9.87. The van der Waals surface area contributed by atoms with Gasteiger partial charge in [-0.15, -0.1) is 0 Å². The molecule has 0 aliphatic carbocycles. The fraction of sp³-hybridized carbons (Fsp3) is 0.500. The van der Waals surface area contributed by atoms with E-state index in [-0.39, 0.29) is 30.0 Å².